The highest BCUT2D eigenvalue weighted by molar-refractivity contribution is 7.98. The molecule has 110 valence electrons. The first-order valence-corrected chi connectivity index (χ1v) is 7.96. The molecule has 0 aliphatic carbocycles. The van der Waals surface area contributed by atoms with Crippen LogP contribution in [0.1, 0.15) is 17.3 Å². The number of anilines is 3. The SMILES string of the molecule is CCNC(=O)c1ccc(N)c(Nc2ccccc2SC)c1. The molecule has 0 unspecified atom stereocenters. The van der Waals surface area contributed by atoms with E-state index in [1.807, 2.05) is 37.4 Å². The second-order valence-electron chi connectivity index (χ2n) is 4.49. The Balaban J connectivity index is 2.31. The summed E-state index contributed by atoms with van der Waals surface area (Å²) in [7, 11) is 0. The van der Waals surface area contributed by atoms with Gasteiger partial charge in [-0.05, 0) is 43.5 Å². The molecule has 0 saturated heterocycles. The summed E-state index contributed by atoms with van der Waals surface area (Å²) >= 11 is 1.66. The molecule has 0 atom stereocenters. The van der Waals surface area contributed by atoms with Crippen LogP contribution in [0.15, 0.2) is 47.4 Å². The number of benzene rings is 2. The maximum atomic E-state index is 11.9. The van der Waals surface area contributed by atoms with Crippen molar-refractivity contribution >= 4 is 34.7 Å². The minimum atomic E-state index is -0.0984. The van der Waals surface area contributed by atoms with Crippen LogP contribution in [0.4, 0.5) is 17.1 Å². The van der Waals surface area contributed by atoms with E-state index in [1.54, 1.807) is 30.0 Å². The number of nitrogen functional groups attached to an aromatic ring is 1. The highest BCUT2D eigenvalue weighted by atomic mass is 32.2. The molecule has 0 radical (unpaired) electrons. The summed E-state index contributed by atoms with van der Waals surface area (Å²) in [5.74, 6) is -0.0984. The highest BCUT2D eigenvalue weighted by Gasteiger charge is 2.09. The van der Waals surface area contributed by atoms with Crippen molar-refractivity contribution in [3.05, 3.63) is 48.0 Å². The van der Waals surface area contributed by atoms with E-state index in [9.17, 15) is 4.79 Å². The Morgan fingerprint density at radius 3 is 2.67 bits per heavy atom. The van der Waals surface area contributed by atoms with Crippen LogP contribution in [0.3, 0.4) is 0 Å². The first kappa shape index (κ1) is 15.3. The monoisotopic (exact) mass is 301 g/mol. The van der Waals surface area contributed by atoms with E-state index in [0.717, 1.165) is 16.3 Å². The van der Waals surface area contributed by atoms with Gasteiger partial charge in [0.15, 0.2) is 0 Å². The summed E-state index contributed by atoms with van der Waals surface area (Å²) < 4.78 is 0. The summed E-state index contributed by atoms with van der Waals surface area (Å²) in [6, 6.07) is 13.2. The fourth-order valence-electron chi connectivity index (χ4n) is 1.96. The van der Waals surface area contributed by atoms with Gasteiger partial charge in [0.25, 0.3) is 5.91 Å². The molecule has 0 saturated carbocycles. The Labute approximate surface area is 129 Å². The lowest BCUT2D eigenvalue weighted by molar-refractivity contribution is 0.0956. The first-order valence-electron chi connectivity index (χ1n) is 6.73. The van der Waals surface area contributed by atoms with Crippen LogP contribution < -0.4 is 16.4 Å². The van der Waals surface area contributed by atoms with Gasteiger partial charge < -0.3 is 16.4 Å². The van der Waals surface area contributed by atoms with Gasteiger partial charge in [-0.3, -0.25) is 4.79 Å². The largest absolute Gasteiger partial charge is 0.397 e. The second-order valence-corrected chi connectivity index (χ2v) is 5.33. The Morgan fingerprint density at radius 1 is 1.19 bits per heavy atom. The number of rotatable bonds is 5. The average molecular weight is 301 g/mol. The highest BCUT2D eigenvalue weighted by Crippen LogP contribution is 2.30. The second kappa shape index (κ2) is 7.04. The van der Waals surface area contributed by atoms with E-state index in [1.165, 1.54) is 0 Å². The van der Waals surface area contributed by atoms with Crippen molar-refractivity contribution in [2.24, 2.45) is 0 Å². The van der Waals surface area contributed by atoms with Crippen molar-refractivity contribution in [1.29, 1.82) is 0 Å². The molecule has 4 N–H and O–H groups in total. The van der Waals surface area contributed by atoms with E-state index >= 15 is 0 Å². The topological polar surface area (TPSA) is 67.2 Å². The molecule has 2 aromatic carbocycles. The molecule has 1 amide bonds. The molecule has 0 aromatic heterocycles. The third-order valence-corrected chi connectivity index (χ3v) is 3.82. The number of nitrogens with two attached hydrogens (primary N) is 1. The fourth-order valence-corrected chi connectivity index (χ4v) is 2.52. The molecule has 2 rings (SSSR count). The van der Waals surface area contributed by atoms with Gasteiger partial charge in [-0.25, -0.2) is 0 Å². The van der Waals surface area contributed by atoms with E-state index in [4.69, 9.17) is 5.73 Å². The van der Waals surface area contributed by atoms with Gasteiger partial charge in [0.05, 0.1) is 17.1 Å². The zero-order chi connectivity index (χ0) is 15.2. The van der Waals surface area contributed by atoms with Crippen LogP contribution in [-0.2, 0) is 0 Å². The lowest BCUT2D eigenvalue weighted by atomic mass is 10.1. The maximum Gasteiger partial charge on any atom is 0.251 e. The van der Waals surface area contributed by atoms with E-state index in [0.29, 0.717) is 17.8 Å². The minimum Gasteiger partial charge on any atom is -0.397 e. The van der Waals surface area contributed by atoms with E-state index in [-0.39, 0.29) is 5.91 Å². The van der Waals surface area contributed by atoms with Crippen molar-refractivity contribution in [3.63, 3.8) is 0 Å². The van der Waals surface area contributed by atoms with Gasteiger partial charge in [-0.1, -0.05) is 12.1 Å². The molecule has 5 heteroatoms. The van der Waals surface area contributed by atoms with Gasteiger partial charge in [0.1, 0.15) is 0 Å². The predicted molar refractivity (Wildman–Crippen MR) is 90.4 cm³/mol. The van der Waals surface area contributed by atoms with E-state index < -0.39 is 0 Å². The molecule has 0 heterocycles. The fraction of sp³-hybridized carbons (Fsp3) is 0.188. The smallest absolute Gasteiger partial charge is 0.251 e. The van der Waals surface area contributed by atoms with Crippen LogP contribution in [0, 0.1) is 0 Å². The van der Waals surface area contributed by atoms with Gasteiger partial charge in [0, 0.05) is 17.0 Å². The molecule has 0 fully saturated rings. The lowest BCUT2D eigenvalue weighted by Crippen LogP contribution is -2.22. The number of nitrogens with one attached hydrogen (secondary N) is 2. The summed E-state index contributed by atoms with van der Waals surface area (Å²) in [6.07, 6.45) is 2.02. The van der Waals surface area contributed by atoms with Crippen LogP contribution in [-0.4, -0.2) is 18.7 Å². The first-order chi connectivity index (χ1) is 10.2. The van der Waals surface area contributed by atoms with Crippen molar-refractivity contribution in [1.82, 2.24) is 5.32 Å². The van der Waals surface area contributed by atoms with Crippen molar-refractivity contribution in [2.45, 2.75) is 11.8 Å². The predicted octanol–water partition coefficient (Wildman–Crippen LogP) is 3.48. The summed E-state index contributed by atoms with van der Waals surface area (Å²) in [4.78, 5) is 13.0. The maximum absolute atomic E-state index is 11.9. The Bertz CT molecular complexity index is 643. The molecule has 0 aliphatic rings. The molecule has 0 bridgehead atoms. The number of hydrogen-bond donors (Lipinski definition) is 3. The third kappa shape index (κ3) is 3.70. The number of carbonyl (C=O) groups excluding carboxylic acids is 1. The van der Waals surface area contributed by atoms with Crippen LogP contribution in [0.2, 0.25) is 0 Å². The zero-order valence-electron chi connectivity index (χ0n) is 12.1. The van der Waals surface area contributed by atoms with Gasteiger partial charge >= 0.3 is 0 Å². The Morgan fingerprint density at radius 2 is 1.95 bits per heavy atom. The number of thioether (sulfide) groups is 1. The molecule has 0 spiro atoms. The summed E-state index contributed by atoms with van der Waals surface area (Å²) in [6.45, 7) is 2.49. The van der Waals surface area contributed by atoms with Crippen molar-refractivity contribution < 1.29 is 4.79 Å². The molecular formula is C16H19N3OS. The number of hydrogen-bond acceptors (Lipinski definition) is 4. The average Bonchev–Trinajstić information content (AvgIpc) is 2.50. The minimum absolute atomic E-state index is 0.0984. The van der Waals surface area contributed by atoms with Crippen LogP contribution in [0.5, 0.6) is 0 Å². The van der Waals surface area contributed by atoms with Gasteiger partial charge in [-0.15, -0.1) is 11.8 Å². The van der Waals surface area contributed by atoms with Crippen LogP contribution in [0.25, 0.3) is 0 Å². The van der Waals surface area contributed by atoms with Crippen molar-refractivity contribution in [3.8, 4) is 0 Å². The van der Waals surface area contributed by atoms with Crippen LogP contribution >= 0.6 is 11.8 Å². The summed E-state index contributed by atoms with van der Waals surface area (Å²) in [5, 5.41) is 6.09. The standard InChI is InChI=1S/C16H19N3OS/c1-3-18-16(20)11-8-9-12(17)14(10-11)19-13-6-4-5-7-15(13)21-2/h4-10,19H,3,17H2,1-2H3,(H,18,20). The Hall–Kier alpha value is -2.14. The van der Waals surface area contributed by atoms with Gasteiger partial charge in [0.2, 0.25) is 0 Å². The lowest BCUT2D eigenvalue weighted by Gasteiger charge is -2.13. The molecule has 0 aliphatic heterocycles. The van der Waals surface area contributed by atoms with Gasteiger partial charge in [-0.2, -0.15) is 0 Å². The molecule has 21 heavy (non-hydrogen) atoms. The third-order valence-electron chi connectivity index (χ3n) is 3.03. The number of para-hydroxylation sites is 1. The molecular weight excluding hydrogens is 282 g/mol. The molecule has 2 aromatic rings. The zero-order valence-corrected chi connectivity index (χ0v) is 13.0. The summed E-state index contributed by atoms with van der Waals surface area (Å²) in [5.41, 5.74) is 8.92. The number of carbonyl (C=O) groups is 1. The molecule has 4 nitrogen and oxygen atoms in total. The van der Waals surface area contributed by atoms with Crippen molar-refractivity contribution in [2.75, 3.05) is 23.9 Å². The Kier molecular flexibility index (Phi) is 5.11. The van der Waals surface area contributed by atoms with E-state index in [2.05, 4.69) is 10.6 Å². The quantitative estimate of drug-likeness (QED) is 0.584. The normalized spacial score (nSPS) is 10.2. The number of amides is 1.